The van der Waals surface area contributed by atoms with Crippen LogP contribution < -0.4 is 11.5 Å². The Hall–Kier alpha value is -3.27. The van der Waals surface area contributed by atoms with Gasteiger partial charge in [-0.25, -0.2) is 9.97 Å². The Morgan fingerprint density at radius 3 is 1.91 bits per heavy atom. The van der Waals surface area contributed by atoms with Crippen LogP contribution in [0.2, 0.25) is 0 Å². The molecule has 0 saturated carbocycles. The van der Waals surface area contributed by atoms with Crippen LogP contribution in [0.4, 0.5) is 25.1 Å². The van der Waals surface area contributed by atoms with E-state index in [4.69, 9.17) is 11.5 Å². The Bertz CT molecular complexity index is 1270. The maximum Gasteiger partial charge on any atom is 0.416 e. The Kier molecular flexibility index (Phi) is 6.20. The van der Waals surface area contributed by atoms with E-state index < -0.39 is 11.7 Å². The number of benzene rings is 2. The van der Waals surface area contributed by atoms with Gasteiger partial charge in [-0.3, -0.25) is 0 Å². The highest BCUT2D eigenvalue weighted by Crippen LogP contribution is 2.32. The standard InChI is InChI=1S/C23H28F3N7/c1-15-5-7-19-17(13-15)29-21(27)32(19)11-3-9-31(2)10-4-12-33-20-8-6-16(23(24,25)26)14-18(20)30-22(33)28/h5-8,13-14H,3-4,9-12H2,1-2H3,(H2,27,29)(H2,28,30). The molecule has 33 heavy (non-hydrogen) atoms. The summed E-state index contributed by atoms with van der Waals surface area (Å²) in [6, 6.07) is 9.69. The summed E-state index contributed by atoms with van der Waals surface area (Å²) < 4.78 is 42.6. The van der Waals surface area contributed by atoms with E-state index in [-0.39, 0.29) is 11.5 Å². The fourth-order valence-corrected chi connectivity index (χ4v) is 4.16. The van der Waals surface area contributed by atoms with E-state index in [0.29, 0.717) is 18.0 Å². The van der Waals surface area contributed by atoms with Crippen molar-refractivity contribution < 1.29 is 13.2 Å². The average molecular weight is 460 g/mol. The molecule has 0 bridgehead atoms. The van der Waals surface area contributed by atoms with Crippen molar-refractivity contribution >= 4 is 34.0 Å². The van der Waals surface area contributed by atoms with E-state index >= 15 is 0 Å². The van der Waals surface area contributed by atoms with Gasteiger partial charge in [0.1, 0.15) is 0 Å². The molecule has 0 radical (unpaired) electrons. The summed E-state index contributed by atoms with van der Waals surface area (Å²) in [4.78, 5) is 10.8. The predicted octanol–water partition coefficient (Wildman–Crippen LogP) is 4.29. The topological polar surface area (TPSA) is 90.9 Å². The molecular formula is C23H28F3N7. The van der Waals surface area contributed by atoms with Gasteiger partial charge >= 0.3 is 6.18 Å². The van der Waals surface area contributed by atoms with Gasteiger partial charge in [0.15, 0.2) is 0 Å². The van der Waals surface area contributed by atoms with Gasteiger partial charge in [0.05, 0.1) is 27.6 Å². The quantitative estimate of drug-likeness (QED) is 0.410. The van der Waals surface area contributed by atoms with Crippen molar-refractivity contribution in [3.63, 3.8) is 0 Å². The number of alkyl halides is 3. The molecule has 4 N–H and O–H groups in total. The molecule has 4 rings (SSSR count). The monoisotopic (exact) mass is 459 g/mol. The highest BCUT2D eigenvalue weighted by molar-refractivity contribution is 5.79. The third-order valence-electron chi connectivity index (χ3n) is 5.88. The maximum atomic E-state index is 12.9. The summed E-state index contributed by atoms with van der Waals surface area (Å²) in [5.41, 5.74) is 15.3. The number of aryl methyl sites for hydroxylation is 3. The van der Waals surface area contributed by atoms with Crippen molar-refractivity contribution in [1.29, 1.82) is 0 Å². The number of aromatic nitrogens is 4. The lowest BCUT2D eigenvalue weighted by Crippen LogP contribution is -2.23. The molecule has 0 spiro atoms. The number of anilines is 2. The molecule has 2 aromatic heterocycles. The van der Waals surface area contributed by atoms with Crippen molar-refractivity contribution in [2.24, 2.45) is 0 Å². The van der Waals surface area contributed by atoms with E-state index in [0.717, 1.165) is 61.2 Å². The highest BCUT2D eigenvalue weighted by atomic mass is 19.4. The number of fused-ring (bicyclic) bond motifs is 2. The molecule has 0 fully saturated rings. The molecule has 0 aliphatic carbocycles. The molecule has 2 aromatic carbocycles. The first-order valence-corrected chi connectivity index (χ1v) is 10.9. The largest absolute Gasteiger partial charge is 0.416 e. The Balaban J connectivity index is 1.30. The molecule has 10 heteroatoms. The van der Waals surface area contributed by atoms with E-state index in [1.54, 1.807) is 4.57 Å². The normalized spacial score (nSPS) is 12.4. The highest BCUT2D eigenvalue weighted by Gasteiger charge is 2.31. The fraction of sp³-hybridized carbons (Fsp3) is 0.391. The van der Waals surface area contributed by atoms with Crippen LogP contribution in [0.25, 0.3) is 22.1 Å². The number of hydrogen-bond acceptors (Lipinski definition) is 5. The van der Waals surface area contributed by atoms with Crippen LogP contribution in [-0.4, -0.2) is 44.1 Å². The van der Waals surface area contributed by atoms with Crippen LogP contribution in [0.15, 0.2) is 36.4 Å². The van der Waals surface area contributed by atoms with E-state index in [9.17, 15) is 13.2 Å². The molecule has 2 heterocycles. The lowest BCUT2D eigenvalue weighted by molar-refractivity contribution is -0.137. The third kappa shape index (κ3) is 4.90. The molecular weight excluding hydrogens is 431 g/mol. The molecule has 0 amide bonds. The first-order chi connectivity index (χ1) is 15.6. The van der Waals surface area contributed by atoms with Gasteiger partial charge in [0.25, 0.3) is 0 Å². The smallest absolute Gasteiger partial charge is 0.369 e. The number of imidazole rings is 2. The van der Waals surface area contributed by atoms with Gasteiger partial charge in [0.2, 0.25) is 11.9 Å². The van der Waals surface area contributed by atoms with Gasteiger partial charge in [0, 0.05) is 13.1 Å². The van der Waals surface area contributed by atoms with Crippen LogP contribution in [0.5, 0.6) is 0 Å². The number of nitrogen functional groups attached to an aromatic ring is 2. The van der Waals surface area contributed by atoms with Crippen molar-refractivity contribution in [1.82, 2.24) is 24.0 Å². The second-order valence-electron chi connectivity index (χ2n) is 8.45. The SMILES string of the molecule is Cc1ccc2c(c1)nc(N)n2CCCN(C)CCCn1c(N)nc2cc(C(F)(F)F)ccc21. The van der Waals surface area contributed by atoms with Crippen molar-refractivity contribution in [2.45, 2.75) is 39.0 Å². The second-order valence-corrected chi connectivity index (χ2v) is 8.45. The van der Waals surface area contributed by atoms with Crippen molar-refractivity contribution in [3.8, 4) is 0 Å². The number of hydrogen-bond donors (Lipinski definition) is 2. The predicted molar refractivity (Wildman–Crippen MR) is 125 cm³/mol. The van der Waals surface area contributed by atoms with Gasteiger partial charge in [-0.05, 0) is 75.8 Å². The summed E-state index contributed by atoms with van der Waals surface area (Å²) in [6.07, 6.45) is -2.69. The number of nitrogens with zero attached hydrogens (tertiary/aromatic N) is 5. The zero-order valence-electron chi connectivity index (χ0n) is 18.7. The first kappa shape index (κ1) is 22.9. The fourth-order valence-electron chi connectivity index (χ4n) is 4.16. The maximum absolute atomic E-state index is 12.9. The summed E-state index contributed by atoms with van der Waals surface area (Å²) in [6.45, 7) is 5.08. The minimum absolute atomic E-state index is 0.227. The van der Waals surface area contributed by atoms with E-state index in [1.807, 2.05) is 24.6 Å². The van der Waals surface area contributed by atoms with E-state index in [1.165, 1.54) is 6.07 Å². The van der Waals surface area contributed by atoms with Gasteiger partial charge in [-0.15, -0.1) is 0 Å². The summed E-state index contributed by atoms with van der Waals surface area (Å²) in [5.74, 6) is 0.749. The zero-order valence-corrected chi connectivity index (χ0v) is 18.7. The average Bonchev–Trinajstić information content (AvgIpc) is 3.22. The molecule has 0 unspecified atom stereocenters. The van der Waals surface area contributed by atoms with Gasteiger partial charge in [-0.1, -0.05) is 6.07 Å². The first-order valence-electron chi connectivity index (χ1n) is 10.9. The molecule has 4 aromatic rings. The van der Waals surface area contributed by atoms with Gasteiger partial charge < -0.3 is 25.5 Å². The lowest BCUT2D eigenvalue weighted by atomic mass is 10.2. The molecule has 176 valence electrons. The summed E-state index contributed by atoms with van der Waals surface area (Å²) in [7, 11) is 2.05. The molecule has 0 aliphatic rings. The van der Waals surface area contributed by atoms with Gasteiger partial charge in [-0.2, -0.15) is 13.2 Å². The van der Waals surface area contributed by atoms with Crippen LogP contribution in [0.3, 0.4) is 0 Å². The Labute approximate surface area is 189 Å². The molecule has 7 nitrogen and oxygen atoms in total. The van der Waals surface area contributed by atoms with Crippen molar-refractivity contribution in [3.05, 3.63) is 47.5 Å². The molecule has 0 atom stereocenters. The molecule has 0 saturated heterocycles. The van der Waals surface area contributed by atoms with E-state index in [2.05, 4.69) is 27.0 Å². The van der Waals surface area contributed by atoms with Crippen LogP contribution in [0.1, 0.15) is 24.0 Å². The number of nitrogens with two attached hydrogens (primary N) is 2. The Morgan fingerprint density at radius 1 is 0.848 bits per heavy atom. The molecule has 0 aliphatic heterocycles. The second kappa shape index (κ2) is 8.93. The zero-order chi connectivity index (χ0) is 23.8. The summed E-state index contributed by atoms with van der Waals surface area (Å²) in [5, 5.41) is 0. The van der Waals surface area contributed by atoms with Crippen LogP contribution >= 0.6 is 0 Å². The van der Waals surface area contributed by atoms with Crippen LogP contribution in [0, 0.1) is 6.92 Å². The lowest BCUT2D eigenvalue weighted by Gasteiger charge is -2.17. The van der Waals surface area contributed by atoms with Crippen molar-refractivity contribution in [2.75, 3.05) is 31.6 Å². The van der Waals surface area contributed by atoms with Crippen LogP contribution in [-0.2, 0) is 19.3 Å². The third-order valence-corrected chi connectivity index (χ3v) is 5.88. The minimum atomic E-state index is -4.40. The Morgan fingerprint density at radius 2 is 1.36 bits per heavy atom. The number of rotatable bonds is 8. The number of halogens is 3. The summed E-state index contributed by atoms with van der Waals surface area (Å²) >= 11 is 0. The minimum Gasteiger partial charge on any atom is -0.369 e.